The van der Waals surface area contributed by atoms with Gasteiger partial charge in [-0.3, -0.25) is 9.78 Å². The van der Waals surface area contributed by atoms with Crippen molar-refractivity contribution < 1.29 is 13.9 Å². The number of amides is 1. The quantitative estimate of drug-likeness (QED) is 0.480. The Morgan fingerprint density at radius 1 is 1.20 bits per heavy atom. The van der Waals surface area contributed by atoms with Crippen LogP contribution in [0.15, 0.2) is 65.8 Å². The van der Waals surface area contributed by atoms with Gasteiger partial charge in [-0.15, -0.1) is 0 Å². The molecule has 0 aliphatic carbocycles. The second kappa shape index (κ2) is 9.10. The van der Waals surface area contributed by atoms with Crippen molar-refractivity contribution in [1.82, 2.24) is 30.0 Å². The van der Waals surface area contributed by atoms with E-state index in [1.54, 1.807) is 44.1 Å². The third-order valence-electron chi connectivity index (χ3n) is 4.42. The number of pyridine rings is 1. The lowest BCUT2D eigenvalue weighted by Gasteiger charge is -2.09. The van der Waals surface area contributed by atoms with E-state index in [-0.39, 0.29) is 12.5 Å². The van der Waals surface area contributed by atoms with Gasteiger partial charge in [-0.1, -0.05) is 6.07 Å². The molecule has 1 amide bonds. The van der Waals surface area contributed by atoms with Crippen molar-refractivity contribution >= 4 is 5.91 Å². The number of ether oxygens (including phenoxy) is 1. The van der Waals surface area contributed by atoms with Crippen LogP contribution in [0.25, 0.3) is 17.4 Å². The van der Waals surface area contributed by atoms with Crippen LogP contribution in [0.4, 0.5) is 0 Å². The molecule has 0 aliphatic heterocycles. The van der Waals surface area contributed by atoms with Crippen LogP contribution in [0.5, 0.6) is 0 Å². The third kappa shape index (κ3) is 4.26. The van der Waals surface area contributed by atoms with Crippen LogP contribution in [0.1, 0.15) is 21.6 Å². The highest BCUT2D eigenvalue weighted by Gasteiger charge is 2.20. The van der Waals surface area contributed by atoms with Crippen LogP contribution in [0.3, 0.4) is 0 Å². The van der Waals surface area contributed by atoms with Gasteiger partial charge < -0.3 is 14.5 Å². The van der Waals surface area contributed by atoms with E-state index in [1.807, 2.05) is 18.2 Å². The Balaban J connectivity index is 1.54. The maximum Gasteiger partial charge on any atom is 0.254 e. The van der Waals surface area contributed by atoms with E-state index in [1.165, 1.54) is 10.9 Å². The fourth-order valence-electron chi connectivity index (χ4n) is 2.98. The van der Waals surface area contributed by atoms with Crippen molar-refractivity contribution in [2.45, 2.75) is 13.0 Å². The molecule has 0 aliphatic rings. The first kappa shape index (κ1) is 19.5. The summed E-state index contributed by atoms with van der Waals surface area (Å²) in [6, 6.07) is 9.18. The lowest BCUT2D eigenvalue weighted by Crippen LogP contribution is -2.26. The van der Waals surface area contributed by atoms with Crippen molar-refractivity contribution in [2.75, 3.05) is 13.7 Å². The summed E-state index contributed by atoms with van der Waals surface area (Å²) in [4.78, 5) is 25.6. The van der Waals surface area contributed by atoms with Gasteiger partial charge in [0.25, 0.3) is 11.9 Å². The van der Waals surface area contributed by atoms with Gasteiger partial charge in [0, 0.05) is 32.2 Å². The summed E-state index contributed by atoms with van der Waals surface area (Å²) in [7, 11) is 1.56. The zero-order valence-electron chi connectivity index (χ0n) is 16.4. The summed E-state index contributed by atoms with van der Waals surface area (Å²) in [6.45, 7) is 0.659. The van der Waals surface area contributed by atoms with Crippen LogP contribution in [0, 0.1) is 0 Å². The predicted octanol–water partition coefficient (Wildman–Crippen LogP) is 2.44. The number of carbonyl (C=O) groups excluding carboxylic acids is 1. The van der Waals surface area contributed by atoms with Crippen LogP contribution >= 0.6 is 0 Å². The summed E-state index contributed by atoms with van der Waals surface area (Å²) in [5.74, 6) is 0.706. The highest BCUT2D eigenvalue weighted by molar-refractivity contribution is 5.95. The Morgan fingerprint density at radius 2 is 2.13 bits per heavy atom. The molecule has 152 valence electrons. The third-order valence-corrected chi connectivity index (χ3v) is 4.42. The van der Waals surface area contributed by atoms with Gasteiger partial charge in [0.15, 0.2) is 5.76 Å². The molecule has 4 heterocycles. The SMILES string of the molecule is COCc1c(C(=O)NCCc2cccnc2)cnn1-c1nccc(-c2ccco2)n1. The summed E-state index contributed by atoms with van der Waals surface area (Å²) in [5, 5.41) is 7.24. The van der Waals surface area contributed by atoms with Gasteiger partial charge in [-0.25, -0.2) is 9.97 Å². The van der Waals surface area contributed by atoms with Crippen molar-refractivity contribution in [1.29, 1.82) is 0 Å². The van der Waals surface area contributed by atoms with Gasteiger partial charge in [0.05, 0.1) is 30.3 Å². The van der Waals surface area contributed by atoms with Crippen molar-refractivity contribution in [3.05, 3.63) is 78.2 Å². The molecule has 9 heteroatoms. The highest BCUT2D eigenvalue weighted by atomic mass is 16.5. The summed E-state index contributed by atoms with van der Waals surface area (Å²) in [5.41, 5.74) is 2.64. The monoisotopic (exact) mass is 404 g/mol. The average Bonchev–Trinajstić information content (AvgIpc) is 3.45. The van der Waals surface area contributed by atoms with E-state index in [0.717, 1.165) is 5.56 Å². The molecule has 4 aromatic rings. The van der Waals surface area contributed by atoms with Gasteiger partial charge >= 0.3 is 0 Å². The highest BCUT2D eigenvalue weighted by Crippen LogP contribution is 2.19. The minimum absolute atomic E-state index is 0.180. The Morgan fingerprint density at radius 3 is 2.90 bits per heavy atom. The van der Waals surface area contributed by atoms with Crippen LogP contribution in [0.2, 0.25) is 0 Å². The number of aromatic nitrogens is 5. The zero-order chi connectivity index (χ0) is 20.8. The second-order valence-electron chi connectivity index (χ2n) is 6.44. The first-order valence-electron chi connectivity index (χ1n) is 9.36. The summed E-state index contributed by atoms with van der Waals surface area (Å²) >= 11 is 0. The number of hydrogen-bond acceptors (Lipinski definition) is 7. The maximum atomic E-state index is 12.7. The molecule has 0 radical (unpaired) electrons. The molecular formula is C21H20N6O3. The Labute approximate surface area is 172 Å². The molecule has 0 fully saturated rings. The molecule has 1 N–H and O–H groups in total. The topological polar surface area (TPSA) is 108 Å². The molecule has 4 rings (SSSR count). The van der Waals surface area contributed by atoms with Gasteiger partial charge in [0.2, 0.25) is 0 Å². The lowest BCUT2D eigenvalue weighted by molar-refractivity contribution is 0.0948. The second-order valence-corrected chi connectivity index (χ2v) is 6.44. The zero-order valence-corrected chi connectivity index (χ0v) is 16.4. The van der Waals surface area contributed by atoms with Crippen molar-refractivity contribution in [2.24, 2.45) is 0 Å². The van der Waals surface area contributed by atoms with E-state index in [0.29, 0.717) is 41.6 Å². The number of rotatable bonds is 8. The molecule has 0 saturated carbocycles. The molecule has 0 unspecified atom stereocenters. The number of nitrogens with one attached hydrogen (secondary N) is 1. The lowest BCUT2D eigenvalue weighted by atomic mass is 10.2. The Bertz CT molecular complexity index is 1110. The van der Waals surface area contributed by atoms with Gasteiger partial charge in [-0.05, 0) is 36.2 Å². The smallest absolute Gasteiger partial charge is 0.254 e. The van der Waals surface area contributed by atoms with Crippen LogP contribution in [-0.2, 0) is 17.8 Å². The largest absolute Gasteiger partial charge is 0.463 e. The first-order chi connectivity index (χ1) is 14.8. The van der Waals surface area contributed by atoms with E-state index in [2.05, 4.69) is 25.4 Å². The van der Waals surface area contributed by atoms with Crippen LogP contribution in [-0.4, -0.2) is 44.3 Å². The molecule has 9 nitrogen and oxygen atoms in total. The first-order valence-corrected chi connectivity index (χ1v) is 9.36. The molecule has 0 aromatic carbocycles. The fraction of sp³-hybridized carbons (Fsp3) is 0.190. The summed E-state index contributed by atoms with van der Waals surface area (Å²) in [6.07, 6.45) is 8.88. The van der Waals surface area contributed by atoms with Gasteiger partial charge in [-0.2, -0.15) is 9.78 Å². The van der Waals surface area contributed by atoms with E-state index < -0.39 is 0 Å². The number of carbonyl (C=O) groups is 1. The number of nitrogens with zero attached hydrogens (tertiary/aromatic N) is 5. The predicted molar refractivity (Wildman–Crippen MR) is 108 cm³/mol. The molecular weight excluding hydrogens is 384 g/mol. The number of hydrogen-bond donors (Lipinski definition) is 1. The normalized spacial score (nSPS) is 10.8. The molecule has 0 atom stereocenters. The summed E-state index contributed by atoms with van der Waals surface area (Å²) < 4.78 is 12.2. The minimum atomic E-state index is -0.237. The molecule has 4 aromatic heterocycles. The average molecular weight is 404 g/mol. The standard InChI is InChI=1S/C21H20N6O3/c1-29-14-18-16(20(28)23-9-6-15-4-2-8-22-12-15)13-25-27(18)21-24-10-7-17(26-21)19-5-3-11-30-19/h2-5,7-8,10-13H,6,9,14H2,1H3,(H,23,28). The maximum absolute atomic E-state index is 12.7. The molecule has 0 spiro atoms. The molecule has 0 bridgehead atoms. The fourth-order valence-corrected chi connectivity index (χ4v) is 2.98. The Kier molecular flexibility index (Phi) is 5.90. The molecule has 30 heavy (non-hydrogen) atoms. The van der Waals surface area contributed by atoms with Crippen molar-refractivity contribution in [3.8, 4) is 17.4 Å². The van der Waals surface area contributed by atoms with E-state index >= 15 is 0 Å². The van der Waals surface area contributed by atoms with E-state index in [4.69, 9.17) is 9.15 Å². The van der Waals surface area contributed by atoms with Crippen molar-refractivity contribution in [3.63, 3.8) is 0 Å². The molecule has 0 saturated heterocycles. The van der Waals surface area contributed by atoms with Gasteiger partial charge in [0.1, 0.15) is 5.69 Å². The minimum Gasteiger partial charge on any atom is -0.463 e. The Hall–Kier alpha value is -3.85. The van der Waals surface area contributed by atoms with Crippen LogP contribution < -0.4 is 5.32 Å². The number of methoxy groups -OCH3 is 1. The number of furan rings is 1. The van der Waals surface area contributed by atoms with E-state index in [9.17, 15) is 4.79 Å².